The van der Waals surface area contributed by atoms with E-state index in [1.807, 2.05) is 0 Å². The van der Waals surface area contributed by atoms with Crippen LogP contribution in [0.3, 0.4) is 0 Å². The lowest BCUT2D eigenvalue weighted by Gasteiger charge is -2.10. The first-order chi connectivity index (χ1) is 10.1. The SMILES string of the molecule is O=C1CC[C@@H](CNCc2nc3ncc(Br)cc3c(=O)[nH]2)N1. The van der Waals surface area contributed by atoms with Gasteiger partial charge in [0.15, 0.2) is 5.65 Å². The lowest BCUT2D eigenvalue weighted by Crippen LogP contribution is -2.35. The van der Waals surface area contributed by atoms with Crippen molar-refractivity contribution >= 4 is 32.9 Å². The van der Waals surface area contributed by atoms with Crippen LogP contribution in [0.2, 0.25) is 0 Å². The van der Waals surface area contributed by atoms with Crippen molar-refractivity contribution in [3.05, 3.63) is 32.9 Å². The molecule has 3 N–H and O–H groups in total. The Morgan fingerprint density at radius 1 is 1.43 bits per heavy atom. The number of nitrogens with zero attached hydrogens (tertiary/aromatic N) is 2. The predicted octanol–water partition coefficient (Wildman–Crippen LogP) is 0.449. The Bertz CT molecular complexity index is 745. The fourth-order valence-electron chi connectivity index (χ4n) is 2.32. The van der Waals surface area contributed by atoms with E-state index in [1.165, 1.54) is 0 Å². The van der Waals surface area contributed by atoms with Gasteiger partial charge in [-0.2, -0.15) is 0 Å². The molecule has 3 rings (SSSR count). The highest BCUT2D eigenvalue weighted by atomic mass is 79.9. The topological polar surface area (TPSA) is 99.8 Å². The van der Waals surface area contributed by atoms with Crippen LogP contribution in [-0.2, 0) is 11.3 Å². The molecule has 2 aromatic rings. The predicted molar refractivity (Wildman–Crippen MR) is 80.7 cm³/mol. The number of H-pyrrole nitrogens is 1. The van der Waals surface area contributed by atoms with Gasteiger partial charge >= 0.3 is 0 Å². The molecule has 1 fully saturated rings. The maximum Gasteiger partial charge on any atom is 0.260 e. The molecule has 0 unspecified atom stereocenters. The molecule has 1 atom stereocenters. The Morgan fingerprint density at radius 2 is 2.29 bits per heavy atom. The molecule has 8 heteroatoms. The molecule has 7 nitrogen and oxygen atoms in total. The standard InChI is InChI=1S/C13H14BrN5O2/c14-7-3-9-12(16-4-7)18-10(19-13(9)21)6-15-5-8-1-2-11(20)17-8/h3-4,8,15H,1-2,5-6H2,(H,17,20)(H,16,18,19,21)/t8-/m0/s1. The first kappa shape index (κ1) is 14.2. The van der Waals surface area contributed by atoms with Crippen molar-refractivity contribution in [3.8, 4) is 0 Å². The van der Waals surface area contributed by atoms with Crippen molar-refractivity contribution in [2.45, 2.75) is 25.4 Å². The number of carbonyl (C=O) groups excluding carboxylic acids is 1. The maximum atomic E-state index is 12.0. The summed E-state index contributed by atoms with van der Waals surface area (Å²) in [7, 11) is 0. The van der Waals surface area contributed by atoms with Gasteiger partial charge in [0, 0.05) is 29.7 Å². The minimum Gasteiger partial charge on any atom is -0.352 e. The number of amides is 1. The Kier molecular flexibility index (Phi) is 3.98. The van der Waals surface area contributed by atoms with Crippen LogP contribution in [0.15, 0.2) is 21.5 Å². The summed E-state index contributed by atoms with van der Waals surface area (Å²) in [6.07, 6.45) is 3.03. The van der Waals surface area contributed by atoms with E-state index < -0.39 is 0 Å². The Labute approximate surface area is 128 Å². The zero-order valence-electron chi connectivity index (χ0n) is 11.1. The number of hydrogen-bond acceptors (Lipinski definition) is 5. The van der Waals surface area contributed by atoms with Gasteiger partial charge in [0.1, 0.15) is 5.82 Å². The largest absolute Gasteiger partial charge is 0.352 e. The fraction of sp³-hybridized carbons (Fsp3) is 0.385. The Hall–Kier alpha value is -1.80. The number of aromatic amines is 1. The summed E-state index contributed by atoms with van der Waals surface area (Å²) in [4.78, 5) is 34.3. The summed E-state index contributed by atoms with van der Waals surface area (Å²) < 4.78 is 0.741. The number of nitrogens with one attached hydrogen (secondary N) is 3. The first-order valence-corrected chi connectivity index (χ1v) is 7.45. The third-order valence-electron chi connectivity index (χ3n) is 3.34. The van der Waals surface area contributed by atoms with Gasteiger partial charge in [0.2, 0.25) is 5.91 Å². The molecular formula is C13H14BrN5O2. The van der Waals surface area contributed by atoms with Crippen molar-refractivity contribution in [1.29, 1.82) is 0 Å². The summed E-state index contributed by atoms with van der Waals surface area (Å²) >= 11 is 3.28. The minimum atomic E-state index is -0.209. The molecule has 0 saturated carbocycles. The normalized spacial score (nSPS) is 18.1. The van der Waals surface area contributed by atoms with E-state index in [0.29, 0.717) is 36.4 Å². The van der Waals surface area contributed by atoms with Gasteiger partial charge in [0.25, 0.3) is 5.56 Å². The van der Waals surface area contributed by atoms with Crippen LogP contribution in [0.25, 0.3) is 11.0 Å². The number of rotatable bonds is 4. The van der Waals surface area contributed by atoms with Gasteiger partial charge in [-0.25, -0.2) is 9.97 Å². The molecule has 2 aromatic heterocycles. The highest BCUT2D eigenvalue weighted by Crippen LogP contribution is 2.12. The van der Waals surface area contributed by atoms with Crippen LogP contribution in [0.1, 0.15) is 18.7 Å². The second kappa shape index (κ2) is 5.90. The zero-order chi connectivity index (χ0) is 14.8. The average molecular weight is 352 g/mol. The molecule has 0 radical (unpaired) electrons. The third kappa shape index (κ3) is 3.27. The smallest absolute Gasteiger partial charge is 0.260 e. The molecule has 1 aliphatic heterocycles. The molecular weight excluding hydrogens is 338 g/mol. The minimum absolute atomic E-state index is 0.0915. The third-order valence-corrected chi connectivity index (χ3v) is 3.78. The van der Waals surface area contributed by atoms with Crippen molar-refractivity contribution < 1.29 is 4.79 Å². The molecule has 1 amide bonds. The van der Waals surface area contributed by atoms with Crippen LogP contribution in [0.5, 0.6) is 0 Å². The highest BCUT2D eigenvalue weighted by Gasteiger charge is 2.19. The lowest BCUT2D eigenvalue weighted by atomic mass is 10.2. The highest BCUT2D eigenvalue weighted by molar-refractivity contribution is 9.10. The second-order valence-corrected chi connectivity index (χ2v) is 5.89. The van der Waals surface area contributed by atoms with E-state index >= 15 is 0 Å². The van der Waals surface area contributed by atoms with Gasteiger partial charge in [-0.15, -0.1) is 0 Å². The second-order valence-electron chi connectivity index (χ2n) is 4.97. The molecule has 110 valence electrons. The van der Waals surface area contributed by atoms with Crippen LogP contribution in [-0.4, -0.2) is 33.4 Å². The molecule has 0 aromatic carbocycles. The summed E-state index contributed by atoms with van der Waals surface area (Å²) in [5, 5.41) is 6.51. The van der Waals surface area contributed by atoms with Crippen LogP contribution >= 0.6 is 15.9 Å². The maximum absolute atomic E-state index is 12.0. The summed E-state index contributed by atoms with van der Waals surface area (Å²) in [6.45, 7) is 1.08. The van der Waals surface area contributed by atoms with Crippen LogP contribution < -0.4 is 16.2 Å². The number of hydrogen-bond donors (Lipinski definition) is 3. The van der Waals surface area contributed by atoms with E-state index in [0.717, 1.165) is 10.9 Å². The van der Waals surface area contributed by atoms with E-state index in [-0.39, 0.29) is 17.5 Å². The number of halogens is 1. The van der Waals surface area contributed by atoms with Gasteiger partial charge in [0.05, 0.1) is 11.9 Å². The van der Waals surface area contributed by atoms with E-state index in [2.05, 4.69) is 41.5 Å². The summed E-state index contributed by atoms with van der Waals surface area (Å²) in [5.41, 5.74) is 0.215. The zero-order valence-corrected chi connectivity index (χ0v) is 12.7. The average Bonchev–Trinajstić information content (AvgIpc) is 2.85. The van der Waals surface area contributed by atoms with E-state index in [1.54, 1.807) is 12.3 Å². The molecule has 21 heavy (non-hydrogen) atoms. The van der Waals surface area contributed by atoms with Crippen molar-refractivity contribution in [3.63, 3.8) is 0 Å². The molecule has 0 spiro atoms. The molecule has 3 heterocycles. The van der Waals surface area contributed by atoms with Gasteiger partial charge in [-0.05, 0) is 28.4 Å². The van der Waals surface area contributed by atoms with Crippen LogP contribution in [0, 0.1) is 0 Å². The summed E-state index contributed by atoms with van der Waals surface area (Å²) in [5.74, 6) is 0.625. The van der Waals surface area contributed by atoms with Gasteiger partial charge in [-0.1, -0.05) is 0 Å². The fourth-order valence-corrected chi connectivity index (χ4v) is 2.65. The number of carbonyl (C=O) groups is 1. The Morgan fingerprint density at radius 3 is 3.05 bits per heavy atom. The van der Waals surface area contributed by atoms with Gasteiger partial charge < -0.3 is 15.6 Å². The van der Waals surface area contributed by atoms with E-state index in [4.69, 9.17) is 0 Å². The molecule has 0 bridgehead atoms. The Balaban J connectivity index is 1.68. The quantitative estimate of drug-likeness (QED) is 0.742. The number of aromatic nitrogens is 3. The van der Waals surface area contributed by atoms with Crippen molar-refractivity contribution in [2.75, 3.05) is 6.54 Å². The molecule has 1 saturated heterocycles. The molecule has 0 aliphatic carbocycles. The number of pyridine rings is 1. The van der Waals surface area contributed by atoms with Crippen molar-refractivity contribution in [1.82, 2.24) is 25.6 Å². The lowest BCUT2D eigenvalue weighted by molar-refractivity contribution is -0.119. The van der Waals surface area contributed by atoms with E-state index in [9.17, 15) is 9.59 Å². The molecule has 1 aliphatic rings. The monoisotopic (exact) mass is 351 g/mol. The first-order valence-electron chi connectivity index (χ1n) is 6.66. The van der Waals surface area contributed by atoms with Crippen molar-refractivity contribution in [2.24, 2.45) is 0 Å². The number of fused-ring (bicyclic) bond motifs is 1. The summed E-state index contributed by atoms with van der Waals surface area (Å²) in [6, 6.07) is 1.85. The van der Waals surface area contributed by atoms with Gasteiger partial charge in [-0.3, -0.25) is 9.59 Å². The van der Waals surface area contributed by atoms with Crippen LogP contribution in [0.4, 0.5) is 0 Å².